The van der Waals surface area contributed by atoms with E-state index in [2.05, 4.69) is 30.6 Å². The average molecular weight is 683 g/mol. The summed E-state index contributed by atoms with van der Waals surface area (Å²) < 4.78 is 36.6. The summed E-state index contributed by atoms with van der Waals surface area (Å²) in [6, 6.07) is 5.12. The maximum absolute atomic E-state index is 12.7. The van der Waals surface area contributed by atoms with Crippen molar-refractivity contribution in [1.82, 2.24) is 30.6 Å². The van der Waals surface area contributed by atoms with E-state index in [1.54, 1.807) is 18.3 Å². The Morgan fingerprint density at radius 3 is 2.27 bits per heavy atom. The fourth-order valence-corrected chi connectivity index (χ4v) is 3.62. The first-order chi connectivity index (χ1) is 22.5. The first kappa shape index (κ1) is 38.3. The molecule has 18 nitrogen and oxygen atoms in total. The number of halogens is 3. The van der Waals surface area contributed by atoms with Crippen LogP contribution in [0.1, 0.15) is 35.3 Å². The number of carboxylic acids is 2. The molecule has 3 rings (SSSR count). The summed E-state index contributed by atoms with van der Waals surface area (Å²) in [4.78, 5) is 75.2. The number of aliphatic carboxylic acids is 2. The van der Waals surface area contributed by atoms with E-state index >= 15 is 0 Å². The van der Waals surface area contributed by atoms with Gasteiger partial charge in [-0.15, -0.1) is 0 Å². The zero-order valence-electron chi connectivity index (χ0n) is 25.4. The van der Waals surface area contributed by atoms with Crippen LogP contribution in [0.3, 0.4) is 0 Å². The Hall–Kier alpha value is -5.86. The van der Waals surface area contributed by atoms with Crippen molar-refractivity contribution in [2.75, 3.05) is 43.1 Å². The van der Waals surface area contributed by atoms with E-state index in [9.17, 15) is 37.5 Å². The minimum atomic E-state index is -5.08. The third-order valence-electron chi connectivity index (χ3n) is 6.02. The minimum Gasteiger partial charge on any atom is -0.480 e. The molecule has 0 bridgehead atoms. The Balaban J connectivity index is 0.00000103. The second-order valence-electron chi connectivity index (χ2n) is 9.76. The van der Waals surface area contributed by atoms with Crippen molar-refractivity contribution in [3.63, 3.8) is 0 Å². The lowest BCUT2D eigenvalue weighted by Crippen LogP contribution is -2.41. The molecule has 48 heavy (non-hydrogen) atoms. The van der Waals surface area contributed by atoms with E-state index < -0.39 is 48.5 Å². The number of alkyl halides is 3. The number of fused-ring (bicyclic) bond motifs is 1. The lowest BCUT2D eigenvalue weighted by Gasteiger charge is -2.19. The number of hydrogen-bond donors (Lipinski definition) is 7. The van der Waals surface area contributed by atoms with E-state index in [-0.39, 0.29) is 35.8 Å². The van der Waals surface area contributed by atoms with Crippen molar-refractivity contribution in [2.24, 2.45) is 5.73 Å². The van der Waals surface area contributed by atoms with Gasteiger partial charge in [-0.1, -0.05) is 0 Å². The maximum atomic E-state index is 12.7. The van der Waals surface area contributed by atoms with Crippen LogP contribution < -0.4 is 32.7 Å². The Morgan fingerprint density at radius 2 is 1.69 bits per heavy atom. The normalized spacial score (nSPS) is 11.4. The standard InChI is InChI=1S/C25H32N10O6.C2HF3O2/c1-35(12-15-11-30-22-20(31-15)21(27)33-25(28)34-22)16-5-3-14(4-6-16)23(38)32-17(24(39)40)7-8-19(37)41-13-18(36)29-10-2-9-26;3-2(4,5)1(6)7/h3-6,11,17H,2,7-10,12-13,26H2,1H3,(H,29,36)(H,32,38)(H,39,40)(H4,27,28,30,33,34);(H,6,7)/t17-;/m0./s1. The summed E-state index contributed by atoms with van der Waals surface area (Å²) >= 11 is 0. The number of carboxylic acid groups (broad SMARTS) is 2. The molecule has 0 radical (unpaired) electrons. The van der Waals surface area contributed by atoms with Gasteiger partial charge in [0.1, 0.15) is 6.04 Å². The van der Waals surface area contributed by atoms with Crippen LogP contribution >= 0.6 is 0 Å². The number of nitrogens with zero attached hydrogens (tertiary/aromatic N) is 5. The number of hydrogen-bond acceptors (Lipinski definition) is 14. The number of nitrogens with one attached hydrogen (secondary N) is 2. The Kier molecular flexibility index (Phi) is 14.2. The van der Waals surface area contributed by atoms with Gasteiger partial charge in [-0.25, -0.2) is 19.6 Å². The van der Waals surface area contributed by atoms with Crippen LogP contribution in [0, 0.1) is 0 Å². The molecule has 3 aromatic rings. The molecule has 0 aliphatic rings. The molecule has 2 aromatic heterocycles. The maximum Gasteiger partial charge on any atom is 0.490 e. The van der Waals surface area contributed by atoms with Crippen molar-refractivity contribution in [2.45, 2.75) is 38.0 Å². The third-order valence-corrected chi connectivity index (χ3v) is 6.02. The highest BCUT2D eigenvalue weighted by Gasteiger charge is 2.38. The van der Waals surface area contributed by atoms with Crippen LogP contribution in [0.15, 0.2) is 30.5 Å². The monoisotopic (exact) mass is 682 g/mol. The van der Waals surface area contributed by atoms with Crippen molar-refractivity contribution in [3.8, 4) is 0 Å². The molecule has 1 atom stereocenters. The summed E-state index contributed by atoms with van der Waals surface area (Å²) in [5, 5.41) is 21.5. The quantitative estimate of drug-likeness (QED) is 0.0857. The smallest absolute Gasteiger partial charge is 0.480 e. The Morgan fingerprint density at radius 1 is 1.04 bits per heavy atom. The highest BCUT2D eigenvalue weighted by Crippen LogP contribution is 2.19. The highest BCUT2D eigenvalue weighted by atomic mass is 19.4. The number of rotatable bonds is 14. The number of carbonyl (C=O) groups is 5. The molecule has 0 aliphatic heterocycles. The van der Waals surface area contributed by atoms with Gasteiger partial charge in [0, 0.05) is 31.3 Å². The van der Waals surface area contributed by atoms with Gasteiger partial charge >= 0.3 is 24.1 Å². The van der Waals surface area contributed by atoms with Crippen molar-refractivity contribution >= 4 is 58.3 Å². The highest BCUT2D eigenvalue weighted by molar-refractivity contribution is 5.97. The number of aromatic nitrogens is 4. The van der Waals surface area contributed by atoms with Gasteiger partial charge < -0.3 is 47.7 Å². The Labute approximate surface area is 269 Å². The van der Waals surface area contributed by atoms with Gasteiger partial charge in [0.05, 0.1) is 18.4 Å². The van der Waals surface area contributed by atoms with E-state index in [4.69, 9.17) is 31.8 Å². The summed E-state index contributed by atoms with van der Waals surface area (Å²) in [7, 11) is 1.81. The van der Waals surface area contributed by atoms with Crippen molar-refractivity contribution < 1.29 is 52.1 Å². The van der Waals surface area contributed by atoms with Gasteiger partial charge in [-0.2, -0.15) is 23.1 Å². The second-order valence-corrected chi connectivity index (χ2v) is 9.76. The van der Waals surface area contributed by atoms with Crippen LogP contribution in [-0.4, -0.2) is 98.8 Å². The van der Waals surface area contributed by atoms with Gasteiger partial charge in [-0.05, 0) is 43.7 Å². The third kappa shape index (κ3) is 12.5. The number of amides is 2. The van der Waals surface area contributed by atoms with Crippen LogP contribution in [0.4, 0.5) is 30.6 Å². The SMILES string of the molecule is CN(Cc1cnc2nc(N)nc(N)c2n1)c1ccc(C(=O)N[C@@H](CCC(=O)OCC(=O)NCCCN)C(=O)O)cc1.O=C(O)C(F)(F)F. The van der Waals surface area contributed by atoms with E-state index in [1.165, 1.54) is 12.1 Å². The first-order valence-corrected chi connectivity index (χ1v) is 13.8. The summed E-state index contributed by atoms with van der Waals surface area (Å²) in [6.45, 7) is 0.636. The van der Waals surface area contributed by atoms with E-state index in [0.29, 0.717) is 37.3 Å². The number of esters is 1. The van der Waals surface area contributed by atoms with Gasteiger partial charge in [0.2, 0.25) is 5.95 Å². The summed E-state index contributed by atoms with van der Waals surface area (Å²) in [5.41, 5.74) is 19.0. The molecule has 2 heterocycles. The van der Waals surface area contributed by atoms with E-state index in [0.717, 1.165) is 5.69 Å². The van der Waals surface area contributed by atoms with Gasteiger partial charge in [-0.3, -0.25) is 14.4 Å². The predicted molar refractivity (Wildman–Crippen MR) is 162 cm³/mol. The zero-order valence-corrected chi connectivity index (χ0v) is 25.4. The number of nitrogens with two attached hydrogens (primary N) is 3. The van der Waals surface area contributed by atoms with Crippen molar-refractivity contribution in [1.29, 1.82) is 0 Å². The second kappa shape index (κ2) is 17.7. The van der Waals surface area contributed by atoms with Crippen LogP contribution in [-0.2, 0) is 30.5 Å². The van der Waals surface area contributed by atoms with Gasteiger partial charge in [0.25, 0.3) is 11.8 Å². The van der Waals surface area contributed by atoms with Crippen molar-refractivity contribution in [3.05, 3.63) is 41.7 Å². The van der Waals surface area contributed by atoms with Gasteiger partial charge in [0.15, 0.2) is 23.6 Å². The minimum absolute atomic E-state index is 0.00578. The molecule has 0 unspecified atom stereocenters. The molecular formula is C27H33F3N10O8. The molecule has 0 saturated carbocycles. The summed E-state index contributed by atoms with van der Waals surface area (Å²) in [5.74, 6) is -5.82. The fourth-order valence-electron chi connectivity index (χ4n) is 3.62. The molecule has 21 heteroatoms. The average Bonchev–Trinajstić information content (AvgIpc) is 3.02. The first-order valence-electron chi connectivity index (χ1n) is 13.8. The Bertz CT molecular complexity index is 1610. The zero-order chi connectivity index (χ0) is 36.0. The molecule has 10 N–H and O–H groups in total. The number of nitrogen functional groups attached to an aromatic ring is 2. The lowest BCUT2D eigenvalue weighted by atomic mass is 10.1. The molecular weight excluding hydrogens is 649 g/mol. The van der Waals surface area contributed by atoms with Crippen LogP contribution in [0.5, 0.6) is 0 Å². The fraction of sp³-hybridized carbons (Fsp3) is 0.370. The molecule has 1 aromatic carbocycles. The molecule has 0 spiro atoms. The largest absolute Gasteiger partial charge is 0.490 e. The molecule has 0 aliphatic carbocycles. The molecule has 0 fully saturated rings. The topological polar surface area (TPSA) is 292 Å². The number of carbonyl (C=O) groups excluding carboxylic acids is 3. The number of benzene rings is 1. The number of ether oxygens (including phenoxy) is 1. The predicted octanol–water partition coefficient (Wildman–Crippen LogP) is -0.175. The molecule has 260 valence electrons. The molecule has 2 amide bonds. The van der Waals surface area contributed by atoms with E-state index in [1.807, 2.05) is 11.9 Å². The molecule has 0 saturated heterocycles. The van der Waals surface area contributed by atoms with Crippen LogP contribution in [0.25, 0.3) is 11.2 Å². The summed E-state index contributed by atoms with van der Waals surface area (Å²) in [6.07, 6.45) is -3.47. The lowest BCUT2D eigenvalue weighted by molar-refractivity contribution is -0.192. The van der Waals surface area contributed by atoms with Crippen LogP contribution in [0.2, 0.25) is 0 Å². The number of anilines is 3.